The summed E-state index contributed by atoms with van der Waals surface area (Å²) in [6, 6.07) is 3.74. The maximum Gasteiger partial charge on any atom is 0.417 e. The molecule has 4 rings (SSSR count). The minimum atomic E-state index is -4.82. The number of nitrogens with one attached hydrogen (secondary N) is 1. The zero-order valence-electron chi connectivity index (χ0n) is 17.0. The van der Waals surface area contributed by atoms with E-state index in [9.17, 15) is 27.6 Å². The number of rotatable bonds is 3. The van der Waals surface area contributed by atoms with Gasteiger partial charge < -0.3 is 10.1 Å². The molecule has 1 aromatic rings. The maximum absolute atomic E-state index is 13.4. The molecule has 164 valence electrons. The topological polar surface area (TPSA) is 99.5 Å². The Bertz CT molecular complexity index is 1050. The van der Waals surface area contributed by atoms with Crippen LogP contribution >= 0.6 is 0 Å². The van der Waals surface area contributed by atoms with Crippen LogP contribution in [0.2, 0.25) is 0 Å². The highest BCUT2D eigenvalue weighted by atomic mass is 19.4. The van der Waals surface area contributed by atoms with Crippen molar-refractivity contribution in [3.63, 3.8) is 0 Å². The molecule has 3 fully saturated rings. The fourth-order valence-corrected chi connectivity index (χ4v) is 5.30. The Morgan fingerprint density at radius 3 is 2.52 bits per heavy atom. The third-order valence-corrected chi connectivity index (χ3v) is 6.68. The first-order chi connectivity index (χ1) is 14.4. The predicted octanol–water partition coefficient (Wildman–Crippen LogP) is 2.53. The average molecular weight is 435 g/mol. The molecule has 0 saturated carbocycles. The zero-order valence-corrected chi connectivity index (χ0v) is 17.0. The molecule has 0 aromatic heterocycles. The fourth-order valence-electron chi connectivity index (χ4n) is 5.30. The van der Waals surface area contributed by atoms with Crippen molar-refractivity contribution in [1.29, 1.82) is 5.26 Å². The Morgan fingerprint density at radius 1 is 1.29 bits per heavy atom. The van der Waals surface area contributed by atoms with E-state index >= 15 is 0 Å². The number of nitriles is 1. The molecule has 31 heavy (non-hydrogen) atoms. The molecule has 0 spiro atoms. The lowest BCUT2D eigenvalue weighted by atomic mass is 9.66. The molecule has 3 aliphatic heterocycles. The second-order valence-corrected chi connectivity index (χ2v) is 8.58. The smallest absolute Gasteiger partial charge is 0.365 e. The number of hydrogen-bond donors (Lipinski definition) is 1. The molecule has 3 heterocycles. The summed E-state index contributed by atoms with van der Waals surface area (Å²) in [5, 5.41) is 11.8. The number of amides is 3. The van der Waals surface area contributed by atoms with Crippen molar-refractivity contribution < 1.29 is 32.3 Å². The van der Waals surface area contributed by atoms with E-state index in [-0.39, 0.29) is 18.0 Å². The van der Waals surface area contributed by atoms with Crippen LogP contribution in [0.3, 0.4) is 0 Å². The van der Waals surface area contributed by atoms with Crippen molar-refractivity contribution in [3.8, 4) is 6.07 Å². The van der Waals surface area contributed by atoms with Crippen LogP contribution in [0.1, 0.15) is 44.7 Å². The number of halogens is 3. The fraction of sp³-hybridized carbons (Fsp3) is 0.524. The van der Waals surface area contributed by atoms with E-state index in [0.717, 1.165) is 17.0 Å². The largest absolute Gasteiger partial charge is 0.417 e. The predicted molar refractivity (Wildman–Crippen MR) is 100 cm³/mol. The molecule has 0 aliphatic carbocycles. The highest BCUT2D eigenvalue weighted by Gasteiger charge is 2.76. The van der Waals surface area contributed by atoms with Crippen molar-refractivity contribution in [1.82, 2.24) is 5.32 Å². The van der Waals surface area contributed by atoms with Crippen molar-refractivity contribution in [2.45, 2.75) is 57.0 Å². The lowest BCUT2D eigenvalue weighted by Gasteiger charge is -2.35. The Labute approximate surface area is 176 Å². The van der Waals surface area contributed by atoms with Gasteiger partial charge in [0.25, 0.3) is 0 Å². The van der Waals surface area contributed by atoms with E-state index in [1.807, 2.05) is 0 Å². The standard InChI is InChI=1S/C21H20F3N3O4/c1-4-14(28)26-13-8-19(2)15-16(20(13,3)31-19)18(30)27(17(15)29)11-6-5-10(9-25)12(7-11)21(22,23)24/h5-7,13,15-16H,4,8H2,1-3H3,(H,26,28)/t13-,15-,16+,19+,20+/m1/s1. The molecular weight excluding hydrogens is 415 g/mol. The first-order valence-corrected chi connectivity index (χ1v) is 9.86. The number of carbonyl (C=O) groups is 3. The van der Waals surface area contributed by atoms with Crippen LogP contribution in [-0.4, -0.2) is 35.0 Å². The second-order valence-electron chi connectivity index (χ2n) is 8.58. The van der Waals surface area contributed by atoms with Gasteiger partial charge in [0.2, 0.25) is 17.7 Å². The molecule has 3 amide bonds. The molecule has 0 unspecified atom stereocenters. The van der Waals surface area contributed by atoms with Crippen LogP contribution in [0.25, 0.3) is 0 Å². The number of carbonyl (C=O) groups excluding carboxylic acids is 3. The molecule has 3 saturated heterocycles. The highest BCUT2D eigenvalue weighted by Crippen LogP contribution is 2.61. The van der Waals surface area contributed by atoms with E-state index in [1.54, 1.807) is 20.8 Å². The number of hydrogen-bond acceptors (Lipinski definition) is 5. The number of anilines is 1. The molecule has 3 aliphatic rings. The summed E-state index contributed by atoms with van der Waals surface area (Å²) >= 11 is 0. The van der Waals surface area contributed by atoms with Gasteiger partial charge in [0.1, 0.15) is 0 Å². The van der Waals surface area contributed by atoms with E-state index in [0.29, 0.717) is 12.5 Å². The monoisotopic (exact) mass is 435 g/mol. The summed E-state index contributed by atoms with van der Waals surface area (Å²) in [7, 11) is 0. The van der Waals surface area contributed by atoms with Crippen LogP contribution in [0, 0.1) is 23.2 Å². The first-order valence-electron chi connectivity index (χ1n) is 9.86. The third-order valence-electron chi connectivity index (χ3n) is 6.68. The molecule has 1 aromatic carbocycles. The Morgan fingerprint density at radius 2 is 1.94 bits per heavy atom. The van der Waals surface area contributed by atoms with Gasteiger partial charge in [-0.2, -0.15) is 18.4 Å². The lowest BCUT2D eigenvalue weighted by Crippen LogP contribution is -2.56. The highest BCUT2D eigenvalue weighted by molar-refractivity contribution is 6.23. The number of fused-ring (bicyclic) bond motifs is 5. The SMILES string of the molecule is CCC(=O)N[C@@H]1C[C@]2(C)O[C@]1(C)[C@@H]1C(=O)N(c3ccc(C#N)c(C(F)(F)F)c3)C(=O)[C@@H]12. The van der Waals surface area contributed by atoms with Gasteiger partial charge >= 0.3 is 6.18 Å². The molecule has 7 nitrogen and oxygen atoms in total. The van der Waals surface area contributed by atoms with Crippen LogP contribution in [0.15, 0.2) is 18.2 Å². The summed E-state index contributed by atoms with van der Waals surface area (Å²) < 4.78 is 46.3. The number of nitrogens with zero attached hydrogens (tertiary/aromatic N) is 2. The van der Waals surface area contributed by atoms with E-state index in [4.69, 9.17) is 10.00 Å². The van der Waals surface area contributed by atoms with E-state index in [2.05, 4.69) is 5.32 Å². The molecule has 0 radical (unpaired) electrons. The van der Waals surface area contributed by atoms with Crippen LogP contribution in [0.4, 0.5) is 18.9 Å². The molecule has 5 atom stereocenters. The lowest BCUT2D eigenvalue weighted by molar-refractivity contribution is -0.138. The minimum Gasteiger partial charge on any atom is -0.365 e. The number of benzene rings is 1. The van der Waals surface area contributed by atoms with Gasteiger partial charge in [-0.05, 0) is 38.5 Å². The second kappa shape index (κ2) is 6.53. The third kappa shape index (κ3) is 2.86. The molecule has 2 bridgehead atoms. The summed E-state index contributed by atoms with van der Waals surface area (Å²) in [5.41, 5.74) is -4.25. The maximum atomic E-state index is 13.4. The van der Waals surface area contributed by atoms with Gasteiger partial charge in [-0.25, -0.2) is 4.90 Å². The number of ether oxygens (including phenoxy) is 1. The normalized spacial score (nSPS) is 34.1. The molecule has 10 heteroatoms. The van der Waals surface area contributed by atoms with Crippen molar-refractivity contribution in [2.75, 3.05) is 4.90 Å². The van der Waals surface area contributed by atoms with Crippen LogP contribution in [-0.2, 0) is 25.3 Å². The van der Waals surface area contributed by atoms with Crippen molar-refractivity contribution in [3.05, 3.63) is 29.3 Å². The van der Waals surface area contributed by atoms with E-state index < -0.39 is 58.2 Å². The summed E-state index contributed by atoms with van der Waals surface area (Å²) in [6.45, 7) is 5.02. The summed E-state index contributed by atoms with van der Waals surface area (Å²) in [5.74, 6) is -3.34. The van der Waals surface area contributed by atoms with Gasteiger partial charge in [0.05, 0.1) is 52.0 Å². The van der Waals surface area contributed by atoms with Crippen LogP contribution < -0.4 is 10.2 Å². The van der Waals surface area contributed by atoms with Gasteiger partial charge in [0, 0.05) is 6.42 Å². The molecule has 1 N–H and O–H groups in total. The van der Waals surface area contributed by atoms with Gasteiger partial charge in [-0.15, -0.1) is 0 Å². The Balaban J connectivity index is 1.75. The average Bonchev–Trinajstić information content (AvgIpc) is 3.21. The number of alkyl halides is 3. The Kier molecular flexibility index (Phi) is 4.49. The van der Waals surface area contributed by atoms with Crippen molar-refractivity contribution >= 4 is 23.4 Å². The number of imide groups is 1. The quantitative estimate of drug-likeness (QED) is 0.736. The summed E-state index contributed by atoms with van der Waals surface area (Å²) in [6.07, 6.45) is -4.27. The van der Waals surface area contributed by atoms with Crippen molar-refractivity contribution in [2.24, 2.45) is 11.8 Å². The van der Waals surface area contributed by atoms with Gasteiger partial charge in [-0.1, -0.05) is 6.92 Å². The van der Waals surface area contributed by atoms with E-state index in [1.165, 1.54) is 6.07 Å². The first kappa shape index (κ1) is 21.3. The summed E-state index contributed by atoms with van der Waals surface area (Å²) in [4.78, 5) is 39.2. The minimum absolute atomic E-state index is 0.224. The van der Waals surface area contributed by atoms with Gasteiger partial charge in [0.15, 0.2) is 0 Å². The zero-order chi connectivity index (χ0) is 22.9. The molecular formula is C21H20F3N3O4. The Hall–Kier alpha value is -2.93. The van der Waals surface area contributed by atoms with Gasteiger partial charge in [-0.3, -0.25) is 14.4 Å². The van der Waals surface area contributed by atoms with Crippen LogP contribution in [0.5, 0.6) is 0 Å².